The zero-order chi connectivity index (χ0) is 17.7. The first-order valence-corrected chi connectivity index (χ1v) is 7.85. The van der Waals surface area contributed by atoms with Gasteiger partial charge in [0.2, 0.25) is 11.8 Å². The van der Waals surface area contributed by atoms with E-state index in [-0.39, 0.29) is 12.6 Å². The highest BCUT2D eigenvalue weighted by molar-refractivity contribution is 6.33. The number of alkyl halides is 3. The van der Waals surface area contributed by atoms with Crippen molar-refractivity contribution in [1.82, 2.24) is 9.97 Å². The van der Waals surface area contributed by atoms with E-state index in [4.69, 9.17) is 16.3 Å². The van der Waals surface area contributed by atoms with E-state index in [1.165, 1.54) is 0 Å². The maximum Gasteiger partial charge on any atom is 0.423 e. The van der Waals surface area contributed by atoms with Gasteiger partial charge in [0.1, 0.15) is 5.56 Å². The highest BCUT2D eigenvalue weighted by Gasteiger charge is 2.36. The number of anilines is 2. The number of halogens is 4. The van der Waals surface area contributed by atoms with E-state index in [0.717, 1.165) is 6.20 Å². The molecular formula is C16H17ClF3N3O. The fourth-order valence-corrected chi connectivity index (χ4v) is 2.32. The van der Waals surface area contributed by atoms with Crippen molar-refractivity contribution in [2.24, 2.45) is 0 Å². The van der Waals surface area contributed by atoms with Gasteiger partial charge in [-0.05, 0) is 25.5 Å². The van der Waals surface area contributed by atoms with Gasteiger partial charge >= 0.3 is 6.18 Å². The zero-order valence-corrected chi connectivity index (χ0v) is 14.0. The van der Waals surface area contributed by atoms with Crippen LogP contribution >= 0.6 is 11.6 Å². The molecule has 2 aromatic rings. The van der Waals surface area contributed by atoms with E-state index in [0.29, 0.717) is 23.7 Å². The summed E-state index contributed by atoms with van der Waals surface area (Å²) in [5, 5.41) is 0.457. The topological polar surface area (TPSA) is 38.2 Å². The van der Waals surface area contributed by atoms with Gasteiger partial charge in [-0.15, -0.1) is 0 Å². The van der Waals surface area contributed by atoms with Crippen LogP contribution in [0.2, 0.25) is 5.02 Å². The van der Waals surface area contributed by atoms with E-state index in [1.807, 2.05) is 6.92 Å². The van der Waals surface area contributed by atoms with Gasteiger partial charge in [0.05, 0.1) is 17.3 Å². The van der Waals surface area contributed by atoms with Crippen LogP contribution in [0.1, 0.15) is 25.8 Å². The van der Waals surface area contributed by atoms with Gasteiger partial charge in [0.15, 0.2) is 0 Å². The lowest BCUT2D eigenvalue weighted by molar-refractivity contribution is -0.139. The van der Waals surface area contributed by atoms with Crippen LogP contribution < -0.4 is 9.64 Å². The minimum atomic E-state index is -4.58. The van der Waals surface area contributed by atoms with Crippen LogP contribution in [0.5, 0.6) is 5.88 Å². The largest absolute Gasteiger partial charge is 0.477 e. The van der Waals surface area contributed by atoms with Gasteiger partial charge in [-0.1, -0.05) is 30.7 Å². The highest BCUT2D eigenvalue weighted by atomic mass is 35.5. The van der Waals surface area contributed by atoms with Crippen LogP contribution in [0, 0.1) is 0 Å². The quantitative estimate of drug-likeness (QED) is 0.719. The van der Waals surface area contributed by atoms with E-state index in [1.54, 1.807) is 36.1 Å². The minimum absolute atomic E-state index is 0.102. The summed E-state index contributed by atoms with van der Waals surface area (Å²) in [6, 6.07) is 6.99. The number of nitrogens with zero attached hydrogens (tertiary/aromatic N) is 3. The molecule has 2 rings (SSSR count). The molecule has 0 saturated heterocycles. The fraction of sp³-hybridized carbons (Fsp3) is 0.375. The Morgan fingerprint density at radius 2 is 1.92 bits per heavy atom. The lowest BCUT2D eigenvalue weighted by Gasteiger charge is -2.23. The Bertz CT molecular complexity index is 695. The van der Waals surface area contributed by atoms with Crippen molar-refractivity contribution in [3.63, 3.8) is 0 Å². The number of para-hydroxylation sites is 1. The molecule has 0 saturated carbocycles. The SMILES string of the molecule is CCCOc1nc(N(CC)c2ccccc2Cl)ncc1C(F)(F)F. The van der Waals surface area contributed by atoms with Crippen molar-refractivity contribution >= 4 is 23.2 Å². The Morgan fingerprint density at radius 3 is 2.50 bits per heavy atom. The molecule has 0 aliphatic carbocycles. The fourth-order valence-electron chi connectivity index (χ4n) is 2.08. The number of rotatable bonds is 6. The maximum absolute atomic E-state index is 13.1. The first-order chi connectivity index (χ1) is 11.4. The molecular weight excluding hydrogens is 343 g/mol. The molecule has 0 aliphatic rings. The Morgan fingerprint density at radius 1 is 1.21 bits per heavy atom. The number of aromatic nitrogens is 2. The van der Waals surface area contributed by atoms with Crippen LogP contribution in [0.3, 0.4) is 0 Å². The van der Waals surface area contributed by atoms with Crippen LogP contribution in [-0.2, 0) is 6.18 Å². The van der Waals surface area contributed by atoms with Crippen molar-refractivity contribution in [3.05, 3.63) is 41.0 Å². The molecule has 0 unspecified atom stereocenters. The minimum Gasteiger partial charge on any atom is -0.477 e. The highest BCUT2D eigenvalue weighted by Crippen LogP contribution is 2.37. The normalized spacial score (nSPS) is 11.4. The van der Waals surface area contributed by atoms with Crippen molar-refractivity contribution in [2.75, 3.05) is 18.1 Å². The molecule has 0 amide bonds. The predicted octanol–water partition coefficient (Wildman–Crippen LogP) is 5.10. The molecule has 1 aromatic heterocycles. The number of hydrogen-bond donors (Lipinski definition) is 0. The van der Waals surface area contributed by atoms with Crippen LogP contribution in [0.25, 0.3) is 0 Å². The molecule has 130 valence electrons. The molecule has 1 aromatic carbocycles. The van der Waals surface area contributed by atoms with Crippen molar-refractivity contribution in [2.45, 2.75) is 26.4 Å². The molecule has 1 heterocycles. The predicted molar refractivity (Wildman–Crippen MR) is 87.0 cm³/mol. The first kappa shape index (κ1) is 18.3. The Hall–Kier alpha value is -2.02. The molecule has 4 nitrogen and oxygen atoms in total. The lowest BCUT2D eigenvalue weighted by Crippen LogP contribution is -2.21. The van der Waals surface area contributed by atoms with Crippen molar-refractivity contribution in [3.8, 4) is 5.88 Å². The molecule has 0 radical (unpaired) electrons. The van der Waals surface area contributed by atoms with E-state index in [2.05, 4.69) is 9.97 Å². The second-order valence-corrected chi connectivity index (χ2v) is 5.34. The molecule has 0 atom stereocenters. The molecule has 24 heavy (non-hydrogen) atoms. The Balaban J connectivity index is 2.47. The Kier molecular flexibility index (Phi) is 5.88. The summed E-state index contributed by atoms with van der Waals surface area (Å²) in [6.45, 7) is 4.20. The van der Waals surface area contributed by atoms with Gasteiger partial charge < -0.3 is 9.64 Å². The molecule has 0 aliphatic heterocycles. The van der Waals surface area contributed by atoms with Crippen LogP contribution in [0.15, 0.2) is 30.5 Å². The summed E-state index contributed by atoms with van der Waals surface area (Å²) in [7, 11) is 0. The summed E-state index contributed by atoms with van der Waals surface area (Å²) in [5.74, 6) is -0.371. The average molecular weight is 360 g/mol. The Labute approximate surface area is 143 Å². The summed E-state index contributed by atoms with van der Waals surface area (Å²) in [5.41, 5.74) is -0.377. The lowest BCUT2D eigenvalue weighted by atomic mass is 10.3. The maximum atomic E-state index is 13.1. The number of benzene rings is 1. The van der Waals surface area contributed by atoms with E-state index >= 15 is 0 Å². The smallest absolute Gasteiger partial charge is 0.423 e. The standard InChI is InChI=1S/C16H17ClF3N3O/c1-3-9-24-14-11(16(18,19)20)10-21-15(22-14)23(4-2)13-8-6-5-7-12(13)17/h5-8,10H,3-4,9H2,1-2H3. The summed E-state index contributed by atoms with van der Waals surface area (Å²) < 4.78 is 44.4. The zero-order valence-electron chi connectivity index (χ0n) is 13.3. The molecule has 0 N–H and O–H groups in total. The molecule has 8 heteroatoms. The summed E-state index contributed by atoms with van der Waals surface area (Å²) in [6.07, 6.45) is -3.27. The second-order valence-electron chi connectivity index (χ2n) is 4.93. The van der Waals surface area contributed by atoms with Crippen molar-refractivity contribution < 1.29 is 17.9 Å². The van der Waals surface area contributed by atoms with Crippen molar-refractivity contribution in [1.29, 1.82) is 0 Å². The van der Waals surface area contributed by atoms with Gasteiger partial charge in [-0.3, -0.25) is 0 Å². The second kappa shape index (κ2) is 7.70. The van der Waals surface area contributed by atoms with Crippen LogP contribution in [0.4, 0.5) is 24.8 Å². The monoisotopic (exact) mass is 359 g/mol. The molecule has 0 fully saturated rings. The van der Waals surface area contributed by atoms with E-state index in [9.17, 15) is 13.2 Å². The van der Waals surface area contributed by atoms with Gasteiger partial charge in [-0.2, -0.15) is 18.2 Å². The van der Waals surface area contributed by atoms with Crippen LogP contribution in [-0.4, -0.2) is 23.1 Å². The summed E-state index contributed by atoms with van der Waals surface area (Å²) >= 11 is 6.17. The first-order valence-electron chi connectivity index (χ1n) is 7.47. The molecule has 0 bridgehead atoms. The van der Waals surface area contributed by atoms with Gasteiger partial charge in [0, 0.05) is 12.7 Å². The number of ether oxygens (including phenoxy) is 1. The van der Waals surface area contributed by atoms with Gasteiger partial charge in [-0.25, -0.2) is 4.98 Å². The summed E-state index contributed by atoms with van der Waals surface area (Å²) in [4.78, 5) is 9.46. The third-order valence-electron chi connectivity index (χ3n) is 3.19. The average Bonchev–Trinajstić information content (AvgIpc) is 2.54. The third-order valence-corrected chi connectivity index (χ3v) is 3.51. The van der Waals surface area contributed by atoms with Gasteiger partial charge in [0.25, 0.3) is 0 Å². The number of hydrogen-bond acceptors (Lipinski definition) is 4. The molecule has 0 spiro atoms. The van der Waals surface area contributed by atoms with E-state index < -0.39 is 17.6 Å². The third kappa shape index (κ3) is 4.08.